The van der Waals surface area contributed by atoms with E-state index in [0.29, 0.717) is 12.4 Å². The third-order valence-corrected chi connectivity index (χ3v) is 5.07. The molecule has 0 saturated carbocycles. The molecule has 0 aliphatic carbocycles. The molecule has 4 rings (SSSR count). The standard InChI is InChI=1S/C25H24O3/c1-2-3-4-7-13-27-25(26)28-24-12-8-11-20-16-21-14-18-9-5-6-10-19(18)15-22(21)17-23(20)24/h5-6,8-12,14-17H,2-4,7,13H2,1H3. The Morgan fingerprint density at radius 2 is 1.43 bits per heavy atom. The number of rotatable bonds is 6. The number of carbonyl (C=O) groups is 1. The van der Waals surface area contributed by atoms with E-state index >= 15 is 0 Å². The molecule has 0 fully saturated rings. The molecule has 4 aromatic rings. The van der Waals surface area contributed by atoms with Gasteiger partial charge in [-0.3, -0.25) is 0 Å². The van der Waals surface area contributed by atoms with E-state index < -0.39 is 6.16 Å². The van der Waals surface area contributed by atoms with E-state index in [2.05, 4.69) is 49.4 Å². The van der Waals surface area contributed by atoms with Crippen molar-refractivity contribution in [2.75, 3.05) is 6.61 Å². The van der Waals surface area contributed by atoms with E-state index in [-0.39, 0.29) is 0 Å². The average Bonchev–Trinajstić information content (AvgIpc) is 2.71. The summed E-state index contributed by atoms with van der Waals surface area (Å²) < 4.78 is 10.7. The van der Waals surface area contributed by atoms with Gasteiger partial charge in [-0.2, -0.15) is 0 Å². The number of carbonyl (C=O) groups excluding carboxylic acids is 1. The Morgan fingerprint density at radius 3 is 2.18 bits per heavy atom. The molecule has 0 saturated heterocycles. The predicted molar refractivity (Wildman–Crippen MR) is 115 cm³/mol. The normalized spacial score (nSPS) is 11.2. The number of fused-ring (bicyclic) bond motifs is 3. The van der Waals surface area contributed by atoms with Crippen molar-refractivity contribution in [2.45, 2.75) is 32.6 Å². The van der Waals surface area contributed by atoms with Gasteiger partial charge in [0, 0.05) is 5.39 Å². The molecule has 0 atom stereocenters. The minimum atomic E-state index is -0.636. The van der Waals surface area contributed by atoms with Gasteiger partial charge in [-0.25, -0.2) is 4.79 Å². The third kappa shape index (κ3) is 3.94. The lowest BCUT2D eigenvalue weighted by molar-refractivity contribution is 0.0978. The van der Waals surface area contributed by atoms with Crippen LogP contribution in [0.25, 0.3) is 32.3 Å². The highest BCUT2D eigenvalue weighted by Crippen LogP contribution is 2.32. The first-order chi connectivity index (χ1) is 13.7. The molecule has 0 aromatic heterocycles. The molecular weight excluding hydrogens is 348 g/mol. The van der Waals surface area contributed by atoms with Crippen LogP contribution in [0.3, 0.4) is 0 Å². The second-order valence-electron chi connectivity index (χ2n) is 7.14. The van der Waals surface area contributed by atoms with Crippen LogP contribution in [0.1, 0.15) is 32.6 Å². The molecular formula is C25H24O3. The number of hydrogen-bond donors (Lipinski definition) is 0. The fourth-order valence-electron chi connectivity index (χ4n) is 3.58. The Bertz CT molecular complexity index is 1130. The van der Waals surface area contributed by atoms with Gasteiger partial charge < -0.3 is 9.47 Å². The Labute approximate surface area is 164 Å². The first-order valence-electron chi connectivity index (χ1n) is 9.94. The van der Waals surface area contributed by atoms with Crippen molar-refractivity contribution in [3.63, 3.8) is 0 Å². The smallest absolute Gasteiger partial charge is 0.434 e. The average molecular weight is 372 g/mol. The molecule has 0 spiro atoms. The zero-order valence-electron chi connectivity index (χ0n) is 16.1. The zero-order valence-corrected chi connectivity index (χ0v) is 16.1. The summed E-state index contributed by atoms with van der Waals surface area (Å²) in [6.07, 6.45) is 3.61. The quantitative estimate of drug-likeness (QED) is 0.155. The van der Waals surface area contributed by atoms with Crippen LogP contribution in [0.15, 0.2) is 66.7 Å². The van der Waals surface area contributed by atoms with E-state index in [1.807, 2.05) is 24.3 Å². The molecule has 0 N–H and O–H groups in total. The minimum Gasteiger partial charge on any atom is -0.434 e. The monoisotopic (exact) mass is 372 g/mol. The molecule has 0 unspecified atom stereocenters. The second-order valence-corrected chi connectivity index (χ2v) is 7.14. The molecule has 0 radical (unpaired) electrons. The van der Waals surface area contributed by atoms with Crippen LogP contribution in [0.2, 0.25) is 0 Å². The molecule has 0 bridgehead atoms. The van der Waals surface area contributed by atoms with Gasteiger partial charge in [0.25, 0.3) is 0 Å². The topological polar surface area (TPSA) is 35.5 Å². The van der Waals surface area contributed by atoms with Crippen molar-refractivity contribution >= 4 is 38.5 Å². The molecule has 28 heavy (non-hydrogen) atoms. The van der Waals surface area contributed by atoms with Crippen molar-refractivity contribution < 1.29 is 14.3 Å². The van der Waals surface area contributed by atoms with Crippen molar-refractivity contribution in [1.29, 1.82) is 0 Å². The summed E-state index contributed by atoms with van der Waals surface area (Å²) in [5.74, 6) is 0.533. The van der Waals surface area contributed by atoms with Crippen LogP contribution in [-0.2, 0) is 4.74 Å². The van der Waals surface area contributed by atoms with E-state index in [4.69, 9.17) is 9.47 Å². The van der Waals surface area contributed by atoms with Gasteiger partial charge in [-0.05, 0) is 63.7 Å². The van der Waals surface area contributed by atoms with Crippen LogP contribution >= 0.6 is 0 Å². The number of unbranched alkanes of at least 4 members (excludes halogenated alkanes) is 3. The molecule has 142 valence electrons. The number of hydrogen-bond acceptors (Lipinski definition) is 3. The van der Waals surface area contributed by atoms with Crippen molar-refractivity contribution in [3.8, 4) is 5.75 Å². The molecule has 0 amide bonds. The molecule has 3 heteroatoms. The maximum atomic E-state index is 12.1. The Hall–Kier alpha value is -3.07. The molecule has 0 heterocycles. The van der Waals surface area contributed by atoms with Crippen molar-refractivity contribution in [2.24, 2.45) is 0 Å². The van der Waals surface area contributed by atoms with Crippen LogP contribution in [0, 0.1) is 0 Å². The SMILES string of the molecule is CCCCCCOC(=O)Oc1cccc2cc3cc4ccccc4cc3cc12. The fraction of sp³-hybridized carbons (Fsp3) is 0.240. The van der Waals surface area contributed by atoms with Crippen molar-refractivity contribution in [1.82, 2.24) is 0 Å². The molecule has 4 aromatic carbocycles. The van der Waals surface area contributed by atoms with Gasteiger partial charge in [0.15, 0.2) is 0 Å². The number of ether oxygens (including phenoxy) is 2. The van der Waals surface area contributed by atoms with Crippen LogP contribution in [0.5, 0.6) is 5.75 Å². The van der Waals surface area contributed by atoms with Gasteiger partial charge in [-0.15, -0.1) is 0 Å². The lowest BCUT2D eigenvalue weighted by Crippen LogP contribution is -2.11. The summed E-state index contributed by atoms with van der Waals surface area (Å²) in [5, 5.41) is 6.65. The highest BCUT2D eigenvalue weighted by atomic mass is 16.7. The summed E-state index contributed by atoms with van der Waals surface area (Å²) in [5.41, 5.74) is 0. The van der Waals surface area contributed by atoms with Gasteiger partial charge in [-0.1, -0.05) is 62.6 Å². The largest absolute Gasteiger partial charge is 0.513 e. The summed E-state index contributed by atoms with van der Waals surface area (Å²) in [6.45, 7) is 2.56. The lowest BCUT2D eigenvalue weighted by Gasteiger charge is -2.10. The molecule has 0 aliphatic rings. The second kappa shape index (κ2) is 8.30. The van der Waals surface area contributed by atoms with E-state index in [0.717, 1.165) is 41.8 Å². The van der Waals surface area contributed by atoms with Gasteiger partial charge in [0.2, 0.25) is 0 Å². The first kappa shape index (κ1) is 18.3. The minimum absolute atomic E-state index is 0.401. The fourth-order valence-corrected chi connectivity index (χ4v) is 3.58. The van der Waals surface area contributed by atoms with E-state index in [1.54, 1.807) is 0 Å². The van der Waals surface area contributed by atoms with Gasteiger partial charge >= 0.3 is 6.16 Å². The van der Waals surface area contributed by atoms with Crippen LogP contribution in [0.4, 0.5) is 4.79 Å². The van der Waals surface area contributed by atoms with E-state index in [9.17, 15) is 4.79 Å². The summed E-state index contributed by atoms with van der Waals surface area (Å²) in [6, 6.07) is 22.7. The summed E-state index contributed by atoms with van der Waals surface area (Å²) in [4.78, 5) is 12.1. The first-order valence-corrected chi connectivity index (χ1v) is 9.94. The highest BCUT2D eigenvalue weighted by molar-refractivity contribution is 6.06. The molecule has 3 nitrogen and oxygen atoms in total. The predicted octanol–water partition coefficient (Wildman–Crippen LogP) is 7.24. The third-order valence-electron chi connectivity index (χ3n) is 5.07. The Kier molecular flexibility index (Phi) is 5.43. The van der Waals surface area contributed by atoms with E-state index in [1.165, 1.54) is 16.2 Å². The Balaban J connectivity index is 1.61. The van der Waals surface area contributed by atoms with Gasteiger partial charge in [0.1, 0.15) is 5.75 Å². The summed E-state index contributed by atoms with van der Waals surface area (Å²) in [7, 11) is 0. The zero-order chi connectivity index (χ0) is 19.3. The van der Waals surface area contributed by atoms with Crippen LogP contribution in [-0.4, -0.2) is 12.8 Å². The summed E-state index contributed by atoms with van der Waals surface area (Å²) >= 11 is 0. The van der Waals surface area contributed by atoms with Crippen molar-refractivity contribution in [3.05, 3.63) is 66.7 Å². The lowest BCUT2D eigenvalue weighted by atomic mass is 9.99. The highest BCUT2D eigenvalue weighted by Gasteiger charge is 2.10. The maximum absolute atomic E-state index is 12.1. The van der Waals surface area contributed by atoms with Gasteiger partial charge in [0.05, 0.1) is 6.61 Å². The van der Waals surface area contributed by atoms with Crippen LogP contribution < -0.4 is 4.74 Å². The molecule has 0 aliphatic heterocycles. The Morgan fingerprint density at radius 1 is 0.750 bits per heavy atom. The number of benzene rings is 4. The maximum Gasteiger partial charge on any atom is 0.513 e.